The monoisotopic (exact) mass is 297 g/mol. The average Bonchev–Trinajstić information content (AvgIpc) is 2.33. The van der Waals surface area contributed by atoms with E-state index in [-0.39, 0.29) is 30.5 Å². The van der Waals surface area contributed by atoms with E-state index in [0.29, 0.717) is 6.42 Å². The number of aliphatic carboxylic acids is 1. The van der Waals surface area contributed by atoms with Crippen molar-refractivity contribution in [2.45, 2.75) is 18.3 Å². The molecule has 0 spiro atoms. The van der Waals surface area contributed by atoms with Gasteiger partial charge in [0.25, 0.3) is 0 Å². The molecule has 4 nitrogen and oxygen atoms in total. The molecule has 0 saturated heterocycles. The van der Waals surface area contributed by atoms with Crippen molar-refractivity contribution in [1.29, 1.82) is 0 Å². The van der Waals surface area contributed by atoms with Gasteiger partial charge in [0.05, 0.1) is 11.8 Å². The molecule has 0 aliphatic heterocycles. The van der Waals surface area contributed by atoms with Crippen LogP contribution in [0.1, 0.15) is 12.8 Å². The number of carboxylic acids is 1. The Morgan fingerprint density at radius 3 is 2.37 bits per heavy atom. The fourth-order valence-corrected chi connectivity index (χ4v) is 2.28. The summed E-state index contributed by atoms with van der Waals surface area (Å²) in [5.74, 6) is -3.36. The van der Waals surface area contributed by atoms with Crippen molar-refractivity contribution in [2.24, 2.45) is 11.8 Å². The maximum Gasteiger partial charge on any atom is 0.441 e. The van der Waals surface area contributed by atoms with Gasteiger partial charge in [0, 0.05) is 12.3 Å². The Bertz CT molecular complexity index is 371. The Morgan fingerprint density at radius 2 is 1.84 bits per heavy atom. The van der Waals surface area contributed by atoms with Gasteiger partial charge >= 0.3 is 11.5 Å². The molecular weight excluding hydrogens is 283 g/mol. The van der Waals surface area contributed by atoms with Gasteiger partial charge in [-0.1, -0.05) is 12.2 Å². The fraction of sp³-hybridized carbons (Fsp3) is 0.636. The lowest BCUT2D eigenvalue weighted by molar-refractivity contribution is -0.147. The van der Waals surface area contributed by atoms with Gasteiger partial charge in [-0.05, 0) is 24.6 Å². The number of hydrogen-bond donors (Lipinski definition) is 2. The summed E-state index contributed by atoms with van der Waals surface area (Å²) in [6.45, 7) is -0.129. The predicted octanol–water partition coefficient (Wildman–Crippen LogP) is 2.02. The molecule has 0 aromatic carbocycles. The predicted molar refractivity (Wildman–Crippen MR) is 64.5 cm³/mol. The minimum Gasteiger partial charge on any atom is -0.481 e. The molecule has 0 aromatic heterocycles. The summed E-state index contributed by atoms with van der Waals surface area (Å²) in [7, 11) is 0. The largest absolute Gasteiger partial charge is 0.481 e. The minimum absolute atomic E-state index is 0.129. The highest BCUT2D eigenvalue weighted by molar-refractivity contribution is 8.00. The highest BCUT2D eigenvalue weighted by Gasteiger charge is 2.34. The van der Waals surface area contributed by atoms with Crippen molar-refractivity contribution in [1.82, 2.24) is 5.32 Å². The molecule has 1 aliphatic rings. The van der Waals surface area contributed by atoms with Crippen LogP contribution >= 0.6 is 11.8 Å². The van der Waals surface area contributed by atoms with Crippen LogP contribution in [0, 0.1) is 11.8 Å². The van der Waals surface area contributed by atoms with E-state index < -0.39 is 29.2 Å². The summed E-state index contributed by atoms with van der Waals surface area (Å²) in [6, 6.07) is 0. The van der Waals surface area contributed by atoms with Crippen LogP contribution in [-0.2, 0) is 9.59 Å². The number of thioether (sulfide) groups is 1. The minimum atomic E-state index is -4.32. The second-order valence-electron chi connectivity index (χ2n) is 4.08. The van der Waals surface area contributed by atoms with E-state index in [9.17, 15) is 22.8 Å². The van der Waals surface area contributed by atoms with Crippen molar-refractivity contribution in [2.75, 3.05) is 12.3 Å². The van der Waals surface area contributed by atoms with E-state index in [1.807, 2.05) is 0 Å². The SMILES string of the molecule is O=C(O)[C@H]1CC=CC[C@H]1C(=O)NCCSC(F)(F)F. The van der Waals surface area contributed by atoms with Crippen molar-refractivity contribution >= 4 is 23.6 Å². The molecule has 2 atom stereocenters. The van der Waals surface area contributed by atoms with E-state index in [0.717, 1.165) is 0 Å². The van der Waals surface area contributed by atoms with Gasteiger partial charge in [0.1, 0.15) is 0 Å². The van der Waals surface area contributed by atoms with Gasteiger partial charge < -0.3 is 10.4 Å². The van der Waals surface area contributed by atoms with Gasteiger partial charge in [0.2, 0.25) is 5.91 Å². The molecule has 108 valence electrons. The first-order chi connectivity index (χ1) is 8.81. The van der Waals surface area contributed by atoms with Gasteiger partial charge in [-0.25, -0.2) is 0 Å². The number of hydrogen-bond acceptors (Lipinski definition) is 3. The van der Waals surface area contributed by atoms with Crippen LogP contribution < -0.4 is 5.32 Å². The van der Waals surface area contributed by atoms with E-state index >= 15 is 0 Å². The van der Waals surface area contributed by atoms with Gasteiger partial charge in [-0.3, -0.25) is 9.59 Å². The standard InChI is InChI=1S/C11H14F3NO3S/c12-11(13,14)19-6-5-15-9(16)7-3-1-2-4-8(7)10(17)18/h1-2,7-8H,3-6H2,(H,15,16)(H,17,18)/t7-,8+/m1/s1. The summed E-state index contributed by atoms with van der Waals surface area (Å²) in [5.41, 5.74) is -4.32. The van der Waals surface area contributed by atoms with E-state index in [1.165, 1.54) is 0 Å². The number of halogens is 3. The molecule has 0 fully saturated rings. The summed E-state index contributed by atoms with van der Waals surface area (Å²) >= 11 is -0.216. The molecule has 2 N–H and O–H groups in total. The number of carboxylic acid groups (broad SMARTS) is 1. The molecule has 0 radical (unpaired) electrons. The Balaban J connectivity index is 2.40. The highest BCUT2D eigenvalue weighted by Crippen LogP contribution is 2.29. The molecular formula is C11H14F3NO3S. The lowest BCUT2D eigenvalue weighted by Gasteiger charge is -2.24. The number of carbonyl (C=O) groups is 2. The van der Waals surface area contributed by atoms with Crippen LogP contribution in [-0.4, -0.2) is 34.8 Å². The lowest BCUT2D eigenvalue weighted by Crippen LogP contribution is -2.39. The first-order valence-electron chi connectivity index (χ1n) is 5.67. The zero-order chi connectivity index (χ0) is 14.5. The Labute approximate surface area is 112 Å². The third-order valence-corrected chi connectivity index (χ3v) is 3.49. The Kier molecular flexibility index (Phi) is 5.71. The Morgan fingerprint density at radius 1 is 1.26 bits per heavy atom. The molecule has 8 heteroatoms. The smallest absolute Gasteiger partial charge is 0.441 e. The van der Waals surface area contributed by atoms with Crippen LogP contribution in [0.4, 0.5) is 13.2 Å². The number of nitrogens with one attached hydrogen (secondary N) is 1. The van der Waals surface area contributed by atoms with Gasteiger partial charge in [-0.2, -0.15) is 13.2 Å². The number of carbonyl (C=O) groups excluding carboxylic acids is 1. The fourth-order valence-electron chi connectivity index (χ4n) is 1.85. The summed E-state index contributed by atoms with van der Waals surface area (Å²) < 4.78 is 35.6. The third-order valence-electron chi connectivity index (χ3n) is 2.75. The van der Waals surface area contributed by atoms with Crippen molar-refractivity contribution in [3.63, 3.8) is 0 Å². The van der Waals surface area contributed by atoms with Crippen molar-refractivity contribution < 1.29 is 27.9 Å². The zero-order valence-corrected chi connectivity index (χ0v) is 10.8. The first kappa shape index (κ1) is 15.9. The number of rotatable bonds is 5. The maximum absolute atomic E-state index is 11.9. The average molecular weight is 297 g/mol. The van der Waals surface area contributed by atoms with Crippen LogP contribution in [0.5, 0.6) is 0 Å². The molecule has 0 heterocycles. The lowest BCUT2D eigenvalue weighted by atomic mass is 9.82. The second kappa shape index (κ2) is 6.83. The van der Waals surface area contributed by atoms with Crippen molar-refractivity contribution in [3.8, 4) is 0 Å². The summed E-state index contributed by atoms with van der Waals surface area (Å²) in [6.07, 6.45) is 3.98. The van der Waals surface area contributed by atoms with Crippen LogP contribution in [0.25, 0.3) is 0 Å². The van der Waals surface area contributed by atoms with E-state index in [2.05, 4.69) is 5.32 Å². The molecule has 0 bridgehead atoms. The first-order valence-corrected chi connectivity index (χ1v) is 6.66. The van der Waals surface area contributed by atoms with E-state index in [1.54, 1.807) is 12.2 Å². The van der Waals surface area contributed by atoms with Crippen LogP contribution in [0.3, 0.4) is 0 Å². The zero-order valence-electron chi connectivity index (χ0n) is 9.94. The third kappa shape index (κ3) is 5.54. The van der Waals surface area contributed by atoms with Gasteiger partial charge in [-0.15, -0.1) is 0 Å². The molecule has 1 rings (SSSR count). The summed E-state index contributed by atoms with van der Waals surface area (Å²) in [5, 5.41) is 11.3. The highest BCUT2D eigenvalue weighted by atomic mass is 32.2. The molecule has 0 saturated carbocycles. The quantitative estimate of drug-likeness (QED) is 0.602. The molecule has 0 aromatic rings. The van der Waals surface area contributed by atoms with Crippen molar-refractivity contribution in [3.05, 3.63) is 12.2 Å². The number of alkyl halides is 3. The summed E-state index contributed by atoms with van der Waals surface area (Å²) in [4.78, 5) is 22.7. The normalized spacial score (nSPS) is 23.1. The molecule has 1 aliphatic carbocycles. The molecule has 1 amide bonds. The van der Waals surface area contributed by atoms with Gasteiger partial charge in [0.15, 0.2) is 0 Å². The molecule has 19 heavy (non-hydrogen) atoms. The maximum atomic E-state index is 11.9. The number of allylic oxidation sites excluding steroid dienone is 2. The van der Waals surface area contributed by atoms with E-state index in [4.69, 9.17) is 5.11 Å². The molecule has 0 unspecified atom stereocenters. The van der Waals surface area contributed by atoms with Crippen LogP contribution in [0.2, 0.25) is 0 Å². The Hall–Kier alpha value is -1.18. The van der Waals surface area contributed by atoms with Crippen LogP contribution in [0.15, 0.2) is 12.2 Å². The topological polar surface area (TPSA) is 66.4 Å². The second-order valence-corrected chi connectivity index (χ2v) is 5.24. The number of amides is 1.